The van der Waals surface area contributed by atoms with Gasteiger partial charge in [0.15, 0.2) is 0 Å². The van der Waals surface area contributed by atoms with E-state index >= 15 is 0 Å². The highest BCUT2D eigenvalue weighted by Crippen LogP contribution is 2.53. The van der Waals surface area contributed by atoms with Gasteiger partial charge in [-0.1, -0.05) is 25.5 Å². The standard InChI is InChI=1S/C22H36O3/c1-14(2)17-9-11-21(5,24-16(4)23)19-10-12-22(6)20(25-22)8-7-15(3)13-18(17)19/h13-14,17-20H,7-12H2,1-6H3/t17-,18-,19-,20-,21-,22-/m1/s1. The number of esters is 1. The molecule has 25 heavy (non-hydrogen) atoms. The molecule has 0 spiro atoms. The maximum absolute atomic E-state index is 11.8. The second-order valence-electron chi connectivity index (χ2n) is 9.55. The van der Waals surface area contributed by atoms with Crippen molar-refractivity contribution in [1.82, 2.24) is 0 Å². The summed E-state index contributed by atoms with van der Waals surface area (Å²) in [5.74, 6) is 2.06. The van der Waals surface area contributed by atoms with Gasteiger partial charge in [0.25, 0.3) is 0 Å². The monoisotopic (exact) mass is 348 g/mol. The van der Waals surface area contributed by atoms with E-state index in [2.05, 4.69) is 40.7 Å². The van der Waals surface area contributed by atoms with Crippen molar-refractivity contribution in [2.45, 2.75) is 97.4 Å². The molecule has 0 aromatic carbocycles. The Morgan fingerprint density at radius 3 is 2.60 bits per heavy atom. The fourth-order valence-corrected chi connectivity index (χ4v) is 5.59. The van der Waals surface area contributed by atoms with Gasteiger partial charge < -0.3 is 9.47 Å². The number of carbonyl (C=O) groups is 1. The summed E-state index contributed by atoms with van der Waals surface area (Å²) in [4.78, 5) is 11.8. The average Bonchev–Trinajstić information content (AvgIpc) is 3.14. The van der Waals surface area contributed by atoms with Crippen LogP contribution in [0, 0.1) is 23.7 Å². The maximum Gasteiger partial charge on any atom is 0.303 e. The molecule has 2 fully saturated rings. The second-order valence-corrected chi connectivity index (χ2v) is 9.55. The number of allylic oxidation sites excluding steroid dienone is 2. The van der Waals surface area contributed by atoms with Crippen LogP contribution in [0.15, 0.2) is 11.6 Å². The Balaban J connectivity index is 1.96. The summed E-state index contributed by atoms with van der Waals surface area (Å²) in [7, 11) is 0. The first-order valence-electron chi connectivity index (χ1n) is 10.2. The summed E-state index contributed by atoms with van der Waals surface area (Å²) < 4.78 is 12.0. The van der Waals surface area contributed by atoms with Crippen molar-refractivity contribution in [3.05, 3.63) is 11.6 Å². The van der Waals surface area contributed by atoms with Crippen LogP contribution in [0.5, 0.6) is 0 Å². The van der Waals surface area contributed by atoms with E-state index in [1.807, 2.05) is 0 Å². The van der Waals surface area contributed by atoms with Crippen molar-refractivity contribution in [3.63, 3.8) is 0 Å². The lowest BCUT2D eigenvalue weighted by Gasteiger charge is -2.50. The highest BCUT2D eigenvalue weighted by atomic mass is 16.6. The lowest BCUT2D eigenvalue weighted by Crippen LogP contribution is -2.50. The Kier molecular flexibility index (Phi) is 5.09. The van der Waals surface area contributed by atoms with E-state index in [1.54, 1.807) is 6.92 Å². The first kappa shape index (κ1) is 18.9. The van der Waals surface area contributed by atoms with Crippen LogP contribution >= 0.6 is 0 Å². The van der Waals surface area contributed by atoms with E-state index in [0.29, 0.717) is 29.8 Å². The van der Waals surface area contributed by atoms with Gasteiger partial charge in [0.1, 0.15) is 5.60 Å². The highest BCUT2D eigenvalue weighted by molar-refractivity contribution is 5.66. The van der Waals surface area contributed by atoms with Crippen LogP contribution in [0.2, 0.25) is 0 Å². The van der Waals surface area contributed by atoms with E-state index in [1.165, 1.54) is 5.57 Å². The Morgan fingerprint density at radius 2 is 1.96 bits per heavy atom. The maximum atomic E-state index is 11.8. The van der Waals surface area contributed by atoms with Gasteiger partial charge in [-0.25, -0.2) is 0 Å². The van der Waals surface area contributed by atoms with E-state index in [4.69, 9.17) is 9.47 Å². The fraction of sp³-hybridized carbons (Fsp3) is 0.864. The van der Waals surface area contributed by atoms with Crippen molar-refractivity contribution in [2.75, 3.05) is 0 Å². The summed E-state index contributed by atoms with van der Waals surface area (Å²) in [6, 6.07) is 0. The quantitative estimate of drug-likeness (QED) is 0.387. The molecule has 3 nitrogen and oxygen atoms in total. The third-order valence-electron chi connectivity index (χ3n) is 7.22. The zero-order valence-corrected chi connectivity index (χ0v) is 16.9. The van der Waals surface area contributed by atoms with Crippen LogP contribution < -0.4 is 0 Å². The minimum atomic E-state index is -0.349. The molecule has 2 aliphatic carbocycles. The number of rotatable bonds is 2. The largest absolute Gasteiger partial charge is 0.459 e. The first-order chi connectivity index (χ1) is 11.6. The Hall–Kier alpha value is -0.830. The topological polar surface area (TPSA) is 38.8 Å². The number of ether oxygens (including phenoxy) is 2. The zero-order chi connectivity index (χ0) is 18.4. The highest BCUT2D eigenvalue weighted by Gasteiger charge is 2.54. The van der Waals surface area contributed by atoms with Crippen LogP contribution in [0.1, 0.15) is 80.1 Å². The Labute approximate surface area is 153 Å². The van der Waals surface area contributed by atoms with Gasteiger partial charge in [-0.2, -0.15) is 0 Å². The lowest BCUT2D eigenvalue weighted by molar-refractivity contribution is -0.172. The smallest absolute Gasteiger partial charge is 0.303 e. The predicted octanol–water partition coefficient (Wildman–Crippen LogP) is 5.28. The average molecular weight is 349 g/mol. The lowest BCUT2D eigenvalue weighted by atomic mass is 9.59. The number of carbonyl (C=O) groups excluding carboxylic acids is 1. The molecule has 1 saturated heterocycles. The molecule has 0 N–H and O–H groups in total. The van der Waals surface area contributed by atoms with Gasteiger partial charge in [0, 0.05) is 12.8 Å². The van der Waals surface area contributed by atoms with E-state index < -0.39 is 0 Å². The van der Waals surface area contributed by atoms with Crippen LogP contribution in [-0.2, 0) is 14.3 Å². The number of fused-ring (bicyclic) bond motifs is 2. The van der Waals surface area contributed by atoms with E-state index in [9.17, 15) is 4.79 Å². The SMILES string of the molecule is CC(=O)O[C@]1(C)CC[C@H](C(C)C)[C@H]2C=C(C)CC[C@H]3O[C@]3(C)CC[C@H]21. The third-order valence-corrected chi connectivity index (χ3v) is 7.22. The number of epoxide rings is 1. The van der Waals surface area contributed by atoms with Gasteiger partial charge in [0.2, 0.25) is 0 Å². The number of hydrogen-bond acceptors (Lipinski definition) is 3. The van der Waals surface area contributed by atoms with Crippen LogP contribution in [-0.4, -0.2) is 23.3 Å². The van der Waals surface area contributed by atoms with Crippen molar-refractivity contribution in [2.24, 2.45) is 23.7 Å². The van der Waals surface area contributed by atoms with Crippen LogP contribution in [0.4, 0.5) is 0 Å². The van der Waals surface area contributed by atoms with Gasteiger partial charge in [0.05, 0.1) is 11.7 Å². The van der Waals surface area contributed by atoms with Crippen molar-refractivity contribution < 1.29 is 14.3 Å². The summed E-state index contributed by atoms with van der Waals surface area (Å²) >= 11 is 0. The molecule has 0 aromatic rings. The molecular formula is C22H36O3. The molecule has 3 rings (SSSR count). The van der Waals surface area contributed by atoms with E-state index in [-0.39, 0.29) is 17.2 Å². The van der Waals surface area contributed by atoms with Gasteiger partial charge in [-0.3, -0.25) is 4.79 Å². The second kappa shape index (κ2) is 6.72. The molecule has 6 atom stereocenters. The predicted molar refractivity (Wildman–Crippen MR) is 100 cm³/mol. The normalized spacial score (nSPS) is 44.4. The number of hydrogen-bond donors (Lipinski definition) is 0. The summed E-state index contributed by atoms with van der Waals surface area (Å²) in [6.07, 6.45) is 9.48. The molecule has 1 saturated carbocycles. The molecule has 1 heterocycles. The molecule has 142 valence electrons. The summed E-state index contributed by atoms with van der Waals surface area (Å²) in [5, 5.41) is 0. The molecule has 0 bridgehead atoms. The molecule has 0 aromatic heterocycles. The van der Waals surface area contributed by atoms with E-state index in [0.717, 1.165) is 38.5 Å². The molecule has 3 heteroatoms. The molecule has 0 amide bonds. The minimum Gasteiger partial charge on any atom is -0.459 e. The summed E-state index contributed by atoms with van der Waals surface area (Å²) in [5.41, 5.74) is 1.18. The van der Waals surface area contributed by atoms with Gasteiger partial charge in [-0.15, -0.1) is 0 Å². The van der Waals surface area contributed by atoms with Crippen molar-refractivity contribution in [1.29, 1.82) is 0 Å². The molecular weight excluding hydrogens is 312 g/mol. The van der Waals surface area contributed by atoms with Gasteiger partial charge in [-0.05, 0) is 77.0 Å². The Bertz CT molecular complexity index is 551. The van der Waals surface area contributed by atoms with Crippen molar-refractivity contribution in [3.8, 4) is 0 Å². The summed E-state index contributed by atoms with van der Waals surface area (Å²) in [6.45, 7) is 13.0. The molecule has 0 unspecified atom stereocenters. The third kappa shape index (κ3) is 3.82. The van der Waals surface area contributed by atoms with Gasteiger partial charge >= 0.3 is 5.97 Å². The van der Waals surface area contributed by atoms with Crippen LogP contribution in [0.3, 0.4) is 0 Å². The van der Waals surface area contributed by atoms with Crippen LogP contribution in [0.25, 0.3) is 0 Å². The molecule has 1 aliphatic heterocycles. The zero-order valence-electron chi connectivity index (χ0n) is 16.9. The minimum absolute atomic E-state index is 0.0457. The molecule has 3 aliphatic rings. The van der Waals surface area contributed by atoms with Crippen molar-refractivity contribution >= 4 is 5.97 Å². The molecule has 0 radical (unpaired) electrons. The first-order valence-corrected chi connectivity index (χ1v) is 10.2. The fourth-order valence-electron chi connectivity index (χ4n) is 5.59. The Morgan fingerprint density at radius 1 is 1.24 bits per heavy atom.